The van der Waals surface area contributed by atoms with Crippen molar-refractivity contribution < 1.29 is 22.7 Å². The zero-order valence-electron chi connectivity index (χ0n) is 8.54. The lowest BCUT2D eigenvalue weighted by Crippen LogP contribution is -2.16. The van der Waals surface area contributed by atoms with E-state index in [1.54, 1.807) is 0 Å². The molecule has 2 N–H and O–H groups in total. The van der Waals surface area contributed by atoms with E-state index < -0.39 is 23.2 Å². The number of nitrogens with two attached hydrogens (primary N) is 1. The number of ether oxygens (including phenoxy) is 1. The van der Waals surface area contributed by atoms with Crippen molar-refractivity contribution >= 4 is 38.0 Å². The Hall–Kier alpha value is -1.01. The molecular formula is C8H8F3N2O2PS. The molecule has 0 amide bonds. The largest absolute Gasteiger partial charge is 0.465 e. The molecule has 1 aromatic rings. The van der Waals surface area contributed by atoms with Crippen molar-refractivity contribution in [2.45, 2.75) is 10.5 Å². The first-order chi connectivity index (χ1) is 7.76. The molecule has 1 rings (SSSR count). The molecule has 17 heavy (non-hydrogen) atoms. The molecule has 4 nitrogen and oxygen atoms in total. The highest BCUT2D eigenvalue weighted by molar-refractivity contribution is 8.00. The van der Waals surface area contributed by atoms with Crippen molar-refractivity contribution in [3.8, 4) is 0 Å². The highest BCUT2D eigenvalue weighted by Crippen LogP contribution is 2.36. The van der Waals surface area contributed by atoms with Gasteiger partial charge in [0.1, 0.15) is 10.6 Å². The van der Waals surface area contributed by atoms with E-state index in [-0.39, 0.29) is 21.6 Å². The Morgan fingerprint density at radius 1 is 1.59 bits per heavy atom. The first-order valence-corrected chi connectivity index (χ1v) is 5.53. The summed E-state index contributed by atoms with van der Waals surface area (Å²) in [6.45, 7) is 0. The van der Waals surface area contributed by atoms with Crippen molar-refractivity contribution in [1.29, 1.82) is 0 Å². The molecule has 0 fully saturated rings. The third-order valence-corrected chi connectivity index (χ3v) is 3.28. The smallest absolute Gasteiger partial charge is 0.447 e. The number of esters is 1. The Labute approximate surface area is 101 Å². The van der Waals surface area contributed by atoms with Crippen LogP contribution in [0, 0.1) is 0 Å². The van der Waals surface area contributed by atoms with Gasteiger partial charge in [0, 0.05) is 23.3 Å². The number of nitrogens with zero attached hydrogens (tertiary/aromatic N) is 1. The molecule has 0 saturated carbocycles. The molecule has 0 aliphatic carbocycles. The maximum Gasteiger partial charge on any atom is 0.447 e. The lowest BCUT2D eigenvalue weighted by molar-refractivity contribution is -0.0329. The van der Waals surface area contributed by atoms with Crippen molar-refractivity contribution in [1.82, 2.24) is 4.98 Å². The monoisotopic (exact) mass is 284 g/mol. The first-order valence-electron chi connectivity index (χ1n) is 4.14. The minimum absolute atomic E-state index is 0.0234. The van der Waals surface area contributed by atoms with Gasteiger partial charge in [-0.1, -0.05) is 0 Å². The second-order valence-corrected chi connectivity index (χ2v) is 4.47. The Morgan fingerprint density at radius 3 is 2.65 bits per heavy atom. The number of nitrogen functional groups attached to an aromatic ring is 1. The highest BCUT2D eigenvalue weighted by atomic mass is 32.2. The second-order valence-electron chi connectivity index (χ2n) is 2.84. The van der Waals surface area contributed by atoms with Crippen molar-refractivity contribution in [3.63, 3.8) is 0 Å². The molecule has 0 aliphatic rings. The zero-order valence-corrected chi connectivity index (χ0v) is 10.5. The van der Waals surface area contributed by atoms with Gasteiger partial charge in [-0.05, 0) is 0 Å². The van der Waals surface area contributed by atoms with E-state index in [0.29, 0.717) is 0 Å². The molecule has 1 atom stereocenters. The summed E-state index contributed by atoms with van der Waals surface area (Å²) in [6, 6.07) is 0. The Kier molecular flexibility index (Phi) is 4.21. The number of carbonyl (C=O) groups is 1. The molecule has 0 bridgehead atoms. The number of hydrogen-bond acceptors (Lipinski definition) is 5. The van der Waals surface area contributed by atoms with Crippen LogP contribution >= 0.6 is 21.0 Å². The van der Waals surface area contributed by atoms with Gasteiger partial charge in [-0.3, -0.25) is 0 Å². The summed E-state index contributed by atoms with van der Waals surface area (Å²) < 4.78 is 40.9. The van der Waals surface area contributed by atoms with Gasteiger partial charge in [0.15, 0.2) is 0 Å². The van der Waals surface area contributed by atoms with E-state index >= 15 is 0 Å². The van der Waals surface area contributed by atoms with Gasteiger partial charge >= 0.3 is 11.5 Å². The van der Waals surface area contributed by atoms with Crippen LogP contribution < -0.4 is 11.0 Å². The molecule has 0 radical (unpaired) electrons. The first kappa shape index (κ1) is 14.1. The van der Waals surface area contributed by atoms with E-state index in [1.807, 2.05) is 9.24 Å². The summed E-state index contributed by atoms with van der Waals surface area (Å²) in [5.41, 5.74) is 0.916. The molecule has 0 spiro atoms. The average molecular weight is 284 g/mol. The van der Waals surface area contributed by atoms with E-state index in [1.165, 1.54) is 0 Å². The van der Waals surface area contributed by atoms with Crippen molar-refractivity contribution in [2.24, 2.45) is 0 Å². The Balaban J connectivity index is 3.15. The number of alkyl halides is 3. The fourth-order valence-corrected chi connectivity index (χ4v) is 1.94. The molecule has 1 aromatic heterocycles. The molecule has 9 heteroatoms. The SMILES string of the molecule is COC(=O)c1cnc(SC(F)(F)F)c(P)c1N. The van der Waals surface area contributed by atoms with Gasteiger partial charge < -0.3 is 10.5 Å². The maximum absolute atomic E-state index is 12.2. The fraction of sp³-hybridized carbons (Fsp3) is 0.250. The lowest BCUT2D eigenvalue weighted by atomic mass is 10.2. The second kappa shape index (κ2) is 5.10. The van der Waals surface area contributed by atoms with Gasteiger partial charge in [-0.15, -0.1) is 9.24 Å². The predicted octanol–water partition coefficient (Wildman–Crippen LogP) is 1.56. The van der Waals surface area contributed by atoms with Crippen LogP contribution in [0.2, 0.25) is 0 Å². The maximum atomic E-state index is 12.2. The molecule has 0 aliphatic heterocycles. The van der Waals surface area contributed by atoms with Gasteiger partial charge in [0.05, 0.1) is 12.8 Å². The van der Waals surface area contributed by atoms with Crippen LogP contribution in [0.1, 0.15) is 10.4 Å². The number of carbonyl (C=O) groups excluding carboxylic acids is 1. The number of hydrogen-bond donors (Lipinski definition) is 1. The molecule has 1 heterocycles. The fourth-order valence-electron chi connectivity index (χ4n) is 0.986. The number of thioether (sulfide) groups is 1. The number of anilines is 1. The zero-order chi connectivity index (χ0) is 13.2. The van der Waals surface area contributed by atoms with E-state index in [2.05, 4.69) is 9.72 Å². The van der Waals surface area contributed by atoms with Crippen LogP contribution in [0.15, 0.2) is 11.2 Å². The minimum Gasteiger partial charge on any atom is -0.465 e. The number of halogens is 3. The summed E-state index contributed by atoms with van der Waals surface area (Å²) in [5, 5.41) is -0.289. The molecule has 94 valence electrons. The van der Waals surface area contributed by atoms with Crippen LogP contribution in [0.3, 0.4) is 0 Å². The van der Waals surface area contributed by atoms with Gasteiger partial charge in [-0.2, -0.15) is 13.2 Å². The van der Waals surface area contributed by atoms with Crippen LogP contribution in [0.25, 0.3) is 0 Å². The average Bonchev–Trinajstić information content (AvgIpc) is 2.22. The summed E-state index contributed by atoms with van der Waals surface area (Å²) in [5.74, 6) is -0.748. The van der Waals surface area contributed by atoms with E-state index in [4.69, 9.17) is 5.73 Å². The lowest BCUT2D eigenvalue weighted by Gasteiger charge is -2.11. The molecular weight excluding hydrogens is 276 g/mol. The topological polar surface area (TPSA) is 65.2 Å². The normalized spacial score (nSPS) is 11.4. The van der Waals surface area contributed by atoms with Crippen LogP contribution in [-0.2, 0) is 4.74 Å². The summed E-state index contributed by atoms with van der Waals surface area (Å²) in [7, 11) is 3.17. The number of rotatable bonds is 2. The third kappa shape index (κ3) is 3.47. The highest BCUT2D eigenvalue weighted by Gasteiger charge is 2.31. The van der Waals surface area contributed by atoms with Crippen molar-refractivity contribution in [2.75, 3.05) is 12.8 Å². The number of aromatic nitrogens is 1. The van der Waals surface area contributed by atoms with Crippen LogP contribution in [0.4, 0.5) is 18.9 Å². The molecule has 0 aromatic carbocycles. The predicted molar refractivity (Wildman–Crippen MR) is 61.2 cm³/mol. The molecule has 1 unspecified atom stereocenters. The van der Waals surface area contributed by atoms with Gasteiger partial charge in [-0.25, -0.2) is 9.78 Å². The van der Waals surface area contributed by atoms with E-state index in [0.717, 1.165) is 13.3 Å². The molecule has 0 saturated heterocycles. The summed E-state index contributed by atoms with van der Waals surface area (Å²) >= 11 is -0.395. The van der Waals surface area contributed by atoms with Gasteiger partial charge in [0.2, 0.25) is 0 Å². The Morgan fingerprint density at radius 2 is 2.18 bits per heavy atom. The standard InChI is InChI=1S/C8H8F3N2O2PS/c1-15-7(14)3-2-13-6(5(16)4(3)12)17-8(9,10)11/h2H,16H2,1H3,(H2,12,13). The van der Waals surface area contributed by atoms with Gasteiger partial charge in [0.25, 0.3) is 0 Å². The quantitative estimate of drug-likeness (QED) is 0.507. The van der Waals surface area contributed by atoms with Crippen LogP contribution in [0.5, 0.6) is 0 Å². The minimum atomic E-state index is -4.46. The summed E-state index contributed by atoms with van der Waals surface area (Å²) in [4.78, 5) is 14.7. The third-order valence-electron chi connectivity index (χ3n) is 1.74. The summed E-state index contributed by atoms with van der Waals surface area (Å²) in [6.07, 6.45) is 0.961. The van der Waals surface area contributed by atoms with Crippen molar-refractivity contribution in [3.05, 3.63) is 11.8 Å². The number of pyridine rings is 1. The number of methoxy groups -OCH3 is 1. The van der Waals surface area contributed by atoms with E-state index in [9.17, 15) is 18.0 Å². The Bertz CT molecular complexity index is 453. The van der Waals surface area contributed by atoms with Crippen LogP contribution in [-0.4, -0.2) is 23.6 Å².